The third kappa shape index (κ3) is 8.52. The van der Waals surface area contributed by atoms with Gasteiger partial charge in [0.1, 0.15) is 0 Å². The Morgan fingerprint density at radius 3 is 2.38 bits per heavy atom. The molecule has 2 heterocycles. The Bertz CT molecular complexity index is 1820. The summed E-state index contributed by atoms with van der Waals surface area (Å²) in [4.78, 5) is 22.7. The number of hydrogen-bond acceptors (Lipinski definition) is 9. The second kappa shape index (κ2) is 15.8. The van der Waals surface area contributed by atoms with Gasteiger partial charge < -0.3 is 25.0 Å². The molecule has 5 aromatic rings. The van der Waals surface area contributed by atoms with E-state index in [2.05, 4.69) is 20.8 Å². The molecule has 6 rings (SSSR count). The highest BCUT2D eigenvalue weighted by molar-refractivity contribution is 7.99. The number of aliphatic hydroxyl groups is 1. The number of aliphatic hydroxyl groups excluding tert-OH is 1. The number of ether oxygens (including phenoxy) is 2. The Labute approximate surface area is 281 Å². The van der Waals surface area contributed by atoms with Crippen molar-refractivity contribution in [2.45, 2.75) is 56.1 Å². The van der Waals surface area contributed by atoms with Gasteiger partial charge in [0.05, 0.1) is 30.9 Å². The molecule has 3 atom stereocenters. The molecule has 48 heavy (non-hydrogen) atoms. The normalized spacial score (nSPS) is 17.6. The van der Waals surface area contributed by atoms with E-state index in [0.717, 1.165) is 39.1 Å². The number of aromatic nitrogens is 4. The summed E-state index contributed by atoms with van der Waals surface area (Å²) >= 11 is 1.53. The number of amides is 1. The van der Waals surface area contributed by atoms with Crippen LogP contribution in [-0.2, 0) is 32.2 Å². The average molecular weight is 666 g/mol. The number of carboxylic acid groups (broad SMARTS) is 1. The molecule has 4 aromatic carbocycles. The van der Waals surface area contributed by atoms with Gasteiger partial charge in [-0.1, -0.05) is 96.7 Å². The van der Waals surface area contributed by atoms with Gasteiger partial charge in [-0.05, 0) is 56.4 Å². The summed E-state index contributed by atoms with van der Waals surface area (Å²) in [6.45, 7) is 0.287. The third-order valence-electron chi connectivity index (χ3n) is 7.95. The van der Waals surface area contributed by atoms with Gasteiger partial charge in [-0.3, -0.25) is 9.59 Å². The van der Waals surface area contributed by atoms with Crippen LogP contribution in [0.1, 0.15) is 53.9 Å². The summed E-state index contributed by atoms with van der Waals surface area (Å²) in [6, 6.07) is 33.4. The van der Waals surface area contributed by atoms with Crippen molar-refractivity contribution in [1.82, 2.24) is 25.5 Å². The van der Waals surface area contributed by atoms with Gasteiger partial charge in [0.15, 0.2) is 6.29 Å². The van der Waals surface area contributed by atoms with Crippen molar-refractivity contribution in [3.05, 3.63) is 125 Å². The van der Waals surface area contributed by atoms with E-state index < -0.39 is 12.3 Å². The molecule has 0 saturated carbocycles. The first-order chi connectivity index (χ1) is 23.4. The first-order valence-corrected chi connectivity index (χ1v) is 16.6. The first kappa shape index (κ1) is 33.0. The quantitative estimate of drug-likeness (QED) is 0.135. The van der Waals surface area contributed by atoms with Crippen molar-refractivity contribution in [2.75, 3.05) is 5.75 Å². The molecule has 11 nitrogen and oxygen atoms in total. The van der Waals surface area contributed by atoms with Crippen LogP contribution in [0.5, 0.6) is 0 Å². The number of hydrogen-bond donors (Lipinski definition) is 3. The monoisotopic (exact) mass is 665 g/mol. The van der Waals surface area contributed by atoms with Crippen molar-refractivity contribution >= 4 is 23.6 Å². The van der Waals surface area contributed by atoms with Gasteiger partial charge in [0.2, 0.25) is 11.1 Å². The number of carbonyl (C=O) groups is 2. The Kier molecular flexibility index (Phi) is 10.9. The number of nitrogens with one attached hydrogen (secondary N) is 1. The van der Waals surface area contributed by atoms with E-state index in [1.165, 1.54) is 11.8 Å². The molecular formula is C36H35N5O6S. The molecule has 1 amide bonds. The number of carbonyl (C=O) groups excluding carboxylic acids is 1. The molecule has 0 radical (unpaired) electrons. The van der Waals surface area contributed by atoms with Crippen LogP contribution in [0, 0.1) is 0 Å². The van der Waals surface area contributed by atoms with Crippen LogP contribution in [-0.4, -0.2) is 54.2 Å². The van der Waals surface area contributed by atoms with Crippen LogP contribution in [0.2, 0.25) is 0 Å². The number of thioether (sulfide) groups is 1. The molecule has 0 unspecified atom stereocenters. The van der Waals surface area contributed by atoms with E-state index in [4.69, 9.17) is 14.6 Å². The lowest BCUT2D eigenvalue weighted by Crippen LogP contribution is -2.31. The molecule has 1 fully saturated rings. The van der Waals surface area contributed by atoms with Gasteiger partial charge in [-0.15, -0.1) is 5.10 Å². The maximum absolute atomic E-state index is 12.0. The average Bonchev–Trinajstić information content (AvgIpc) is 3.61. The molecule has 0 bridgehead atoms. The van der Waals surface area contributed by atoms with Gasteiger partial charge in [0, 0.05) is 30.7 Å². The fraction of sp³-hybridized carbons (Fsp3) is 0.250. The highest BCUT2D eigenvalue weighted by Crippen LogP contribution is 2.40. The molecule has 1 aromatic heterocycles. The highest BCUT2D eigenvalue weighted by atomic mass is 32.2. The second-order valence-electron chi connectivity index (χ2n) is 11.4. The van der Waals surface area contributed by atoms with Crippen molar-refractivity contribution in [2.24, 2.45) is 0 Å². The zero-order valence-electron chi connectivity index (χ0n) is 26.0. The first-order valence-electron chi connectivity index (χ1n) is 15.6. The molecule has 12 heteroatoms. The van der Waals surface area contributed by atoms with Gasteiger partial charge in [0.25, 0.3) is 0 Å². The molecule has 1 aliphatic rings. The Morgan fingerprint density at radius 1 is 0.854 bits per heavy atom. The minimum Gasteiger partial charge on any atom is -0.481 e. The number of rotatable bonds is 13. The molecule has 3 N–H and O–H groups in total. The zero-order chi connectivity index (χ0) is 33.3. The SMILES string of the molecule is O=C(O)CCC(=O)NCc1cccc(-c2ccc([C@H]3O[C@@H](CSc4nnnn4-c4ccccc4)C[C@@H](c4ccc(CO)cc4)O3)cc2)c1. The highest BCUT2D eigenvalue weighted by Gasteiger charge is 2.32. The zero-order valence-corrected chi connectivity index (χ0v) is 26.8. The van der Waals surface area contributed by atoms with E-state index in [0.29, 0.717) is 23.9 Å². The van der Waals surface area contributed by atoms with Crippen molar-refractivity contribution in [1.29, 1.82) is 0 Å². The summed E-state index contributed by atoms with van der Waals surface area (Å²) < 4.78 is 14.8. The van der Waals surface area contributed by atoms with E-state index in [9.17, 15) is 14.7 Å². The van der Waals surface area contributed by atoms with Crippen LogP contribution in [0.3, 0.4) is 0 Å². The number of tetrazole rings is 1. The lowest BCUT2D eigenvalue weighted by molar-refractivity contribution is -0.245. The number of nitrogens with zero attached hydrogens (tertiary/aromatic N) is 4. The van der Waals surface area contributed by atoms with Crippen molar-refractivity contribution in [3.63, 3.8) is 0 Å². The number of aliphatic carboxylic acids is 1. The predicted molar refractivity (Wildman–Crippen MR) is 179 cm³/mol. The van der Waals surface area contributed by atoms with E-state index in [-0.39, 0.29) is 37.6 Å². The van der Waals surface area contributed by atoms with Crippen molar-refractivity contribution < 1.29 is 29.3 Å². The van der Waals surface area contributed by atoms with Crippen molar-refractivity contribution in [3.8, 4) is 16.8 Å². The lowest BCUT2D eigenvalue weighted by atomic mass is 9.99. The number of para-hydroxylation sites is 1. The topological polar surface area (TPSA) is 149 Å². The molecular weight excluding hydrogens is 630 g/mol. The van der Waals surface area contributed by atoms with Gasteiger partial charge in [-0.25, -0.2) is 0 Å². The van der Waals surface area contributed by atoms with Crippen LogP contribution in [0.25, 0.3) is 16.8 Å². The molecule has 1 aliphatic heterocycles. The standard InChI is InChI=1S/C36H35N5O6S/c42-22-24-9-11-27(12-10-24)32-20-31(23-48-36-38-39-40-41(36)30-7-2-1-3-8-30)46-35(47-32)28-15-13-26(14-16-28)29-6-4-5-25(19-29)21-37-33(43)17-18-34(44)45/h1-16,19,31-32,35,42H,17-18,20-23H2,(H,37,43)(H,44,45)/t31-,32+,35+/m1/s1. The largest absolute Gasteiger partial charge is 0.481 e. The summed E-state index contributed by atoms with van der Waals surface area (Å²) in [6.07, 6.45) is -0.626. The van der Waals surface area contributed by atoms with Gasteiger partial charge >= 0.3 is 5.97 Å². The van der Waals surface area contributed by atoms with Gasteiger partial charge in [-0.2, -0.15) is 4.68 Å². The minimum absolute atomic E-state index is 0.0242. The lowest BCUT2D eigenvalue weighted by Gasteiger charge is -2.36. The molecule has 246 valence electrons. The molecule has 0 aliphatic carbocycles. The third-order valence-corrected chi connectivity index (χ3v) is 9.00. The summed E-state index contributed by atoms with van der Waals surface area (Å²) in [7, 11) is 0. The van der Waals surface area contributed by atoms with Crippen LogP contribution >= 0.6 is 11.8 Å². The van der Waals surface area contributed by atoms with E-state index in [1.807, 2.05) is 103 Å². The fourth-order valence-corrected chi connectivity index (χ4v) is 6.30. The second-order valence-corrected chi connectivity index (χ2v) is 12.3. The number of carboxylic acids is 1. The molecule has 1 saturated heterocycles. The van der Waals surface area contributed by atoms with Crippen LogP contribution in [0.4, 0.5) is 0 Å². The maximum Gasteiger partial charge on any atom is 0.303 e. The summed E-state index contributed by atoms with van der Waals surface area (Å²) in [5, 5.41) is 34.1. The number of benzene rings is 4. The Hall–Kier alpha value is -4.88. The molecule has 0 spiro atoms. The van der Waals surface area contributed by atoms with Crippen LogP contribution < -0.4 is 5.32 Å². The summed E-state index contributed by atoms with van der Waals surface area (Å²) in [5.41, 5.74) is 6.48. The smallest absolute Gasteiger partial charge is 0.303 e. The predicted octanol–water partition coefficient (Wildman–Crippen LogP) is 5.64. The van der Waals surface area contributed by atoms with E-state index in [1.54, 1.807) is 4.68 Å². The Morgan fingerprint density at radius 2 is 1.62 bits per heavy atom. The maximum atomic E-state index is 12.0. The Balaban J connectivity index is 1.16. The fourth-order valence-electron chi connectivity index (χ4n) is 5.39. The van der Waals surface area contributed by atoms with Crippen LogP contribution in [0.15, 0.2) is 108 Å². The summed E-state index contributed by atoms with van der Waals surface area (Å²) in [5.74, 6) is -0.687. The van der Waals surface area contributed by atoms with E-state index >= 15 is 0 Å². The minimum atomic E-state index is -0.997.